The van der Waals surface area contributed by atoms with Crippen LogP contribution in [0.3, 0.4) is 0 Å². The van der Waals surface area contributed by atoms with Crippen molar-refractivity contribution < 1.29 is 14.3 Å². The lowest BCUT2D eigenvalue weighted by Crippen LogP contribution is -2.50. The number of aldehydes is 1. The summed E-state index contributed by atoms with van der Waals surface area (Å²) in [6, 6.07) is 0. The summed E-state index contributed by atoms with van der Waals surface area (Å²) in [6.45, 7) is 6.20. The Kier molecular flexibility index (Phi) is 4.38. The normalized spacial score (nSPS) is 44.5. The van der Waals surface area contributed by atoms with Crippen molar-refractivity contribution in [3.63, 3.8) is 0 Å². The lowest BCUT2D eigenvalue weighted by molar-refractivity contribution is -0.148. The first kappa shape index (κ1) is 18.3. The van der Waals surface area contributed by atoms with Crippen molar-refractivity contribution in [2.75, 3.05) is 0 Å². The van der Waals surface area contributed by atoms with Gasteiger partial charge in [0.25, 0.3) is 0 Å². The van der Waals surface area contributed by atoms with Gasteiger partial charge in [0.2, 0.25) is 0 Å². The van der Waals surface area contributed by atoms with Crippen molar-refractivity contribution in [2.45, 2.75) is 71.8 Å². The van der Waals surface area contributed by atoms with Gasteiger partial charge in [-0.25, -0.2) is 0 Å². The van der Waals surface area contributed by atoms with Crippen LogP contribution in [0.15, 0.2) is 22.3 Å². The summed E-state index contributed by atoms with van der Waals surface area (Å²) in [4.78, 5) is 22.8. The van der Waals surface area contributed by atoms with Gasteiger partial charge in [0.1, 0.15) is 12.4 Å². The van der Waals surface area contributed by atoms with Gasteiger partial charge in [-0.3, -0.25) is 9.59 Å². The molecule has 3 nitrogen and oxygen atoms in total. The van der Waals surface area contributed by atoms with E-state index in [4.69, 9.17) is 16.3 Å². The number of hydrogen-bond donors (Lipinski definition) is 0. The van der Waals surface area contributed by atoms with E-state index in [1.54, 1.807) is 0 Å². The number of esters is 1. The molecular formula is C22H29ClO3. The average Bonchev–Trinajstić information content (AvgIpc) is 2.86. The van der Waals surface area contributed by atoms with Crippen molar-refractivity contribution in [2.24, 2.45) is 28.6 Å². The zero-order valence-electron chi connectivity index (χ0n) is 16.0. The molecule has 2 fully saturated rings. The van der Waals surface area contributed by atoms with Gasteiger partial charge >= 0.3 is 5.97 Å². The van der Waals surface area contributed by atoms with Gasteiger partial charge < -0.3 is 4.74 Å². The summed E-state index contributed by atoms with van der Waals surface area (Å²) in [5, 5.41) is 0.828. The Labute approximate surface area is 161 Å². The third-order valence-electron chi connectivity index (χ3n) is 8.15. The molecule has 1 unspecified atom stereocenters. The van der Waals surface area contributed by atoms with E-state index >= 15 is 0 Å². The molecule has 4 heteroatoms. The second kappa shape index (κ2) is 6.22. The van der Waals surface area contributed by atoms with Gasteiger partial charge in [-0.2, -0.15) is 0 Å². The molecule has 4 rings (SSSR count). The van der Waals surface area contributed by atoms with Crippen LogP contribution in [0.25, 0.3) is 0 Å². The monoisotopic (exact) mass is 376 g/mol. The first-order chi connectivity index (χ1) is 12.3. The highest BCUT2D eigenvalue weighted by atomic mass is 35.5. The maximum absolute atomic E-state index is 11.5. The standard InChI is InChI=1S/C22H29ClO3/c1-13(25)26-16-6-8-21(2)15(11-16)4-5-17-18(21)7-9-22(3)19(17)10-14(12-24)20(22)23/h4,12,16-19H,5-11H2,1-3H3/t16-,17?,18-,19-,21-,22-/m0/s1. The summed E-state index contributed by atoms with van der Waals surface area (Å²) < 4.78 is 5.51. The SMILES string of the molecule is CC(=O)O[C@H]1CC[C@@]2(C)C(=CCC3[C@@H]2CC[C@]2(C)C(Cl)=C(C=O)C[C@@H]32)C1. The lowest BCUT2D eigenvalue weighted by atomic mass is 9.48. The van der Waals surface area contributed by atoms with Gasteiger partial charge in [0.15, 0.2) is 0 Å². The quantitative estimate of drug-likeness (QED) is 0.378. The van der Waals surface area contributed by atoms with E-state index < -0.39 is 0 Å². The second-order valence-corrected chi connectivity index (χ2v) is 9.73. The highest BCUT2D eigenvalue weighted by molar-refractivity contribution is 6.32. The zero-order chi connectivity index (χ0) is 18.7. The van der Waals surface area contributed by atoms with Crippen LogP contribution >= 0.6 is 11.6 Å². The lowest BCUT2D eigenvalue weighted by Gasteiger charge is -2.57. The van der Waals surface area contributed by atoms with Crippen molar-refractivity contribution in [3.8, 4) is 0 Å². The molecule has 0 radical (unpaired) electrons. The number of ether oxygens (including phenoxy) is 1. The molecule has 26 heavy (non-hydrogen) atoms. The van der Waals surface area contributed by atoms with E-state index in [9.17, 15) is 9.59 Å². The van der Waals surface area contributed by atoms with Gasteiger partial charge in [-0.05, 0) is 61.7 Å². The van der Waals surface area contributed by atoms with Crippen LogP contribution in [-0.2, 0) is 14.3 Å². The molecule has 0 saturated heterocycles. The Morgan fingerprint density at radius 3 is 2.62 bits per heavy atom. The zero-order valence-corrected chi connectivity index (χ0v) is 16.8. The number of carbonyl (C=O) groups excluding carboxylic acids is 2. The molecule has 0 N–H and O–H groups in total. The van der Waals surface area contributed by atoms with E-state index in [0.717, 1.165) is 55.4 Å². The van der Waals surface area contributed by atoms with E-state index in [1.807, 2.05) is 0 Å². The van der Waals surface area contributed by atoms with E-state index in [-0.39, 0.29) is 22.9 Å². The summed E-state index contributed by atoms with van der Waals surface area (Å²) in [5.74, 6) is 1.55. The number of fused-ring (bicyclic) bond motifs is 5. The van der Waals surface area contributed by atoms with Crippen molar-refractivity contribution in [1.82, 2.24) is 0 Å². The molecule has 0 aromatic heterocycles. The van der Waals surface area contributed by atoms with Crippen LogP contribution in [-0.4, -0.2) is 18.4 Å². The van der Waals surface area contributed by atoms with Crippen LogP contribution in [0.1, 0.15) is 65.7 Å². The predicted octanol–water partition coefficient (Wildman–Crippen LogP) is 5.18. The molecule has 0 spiro atoms. The Hall–Kier alpha value is -1.09. The van der Waals surface area contributed by atoms with Gasteiger partial charge in [-0.1, -0.05) is 37.1 Å². The topological polar surface area (TPSA) is 43.4 Å². The first-order valence-electron chi connectivity index (χ1n) is 10.0. The third-order valence-corrected chi connectivity index (χ3v) is 8.82. The Morgan fingerprint density at radius 1 is 1.19 bits per heavy atom. The van der Waals surface area contributed by atoms with Gasteiger partial charge in [0.05, 0.1) is 0 Å². The van der Waals surface area contributed by atoms with Crippen LogP contribution < -0.4 is 0 Å². The molecule has 4 aliphatic rings. The molecule has 0 aliphatic heterocycles. The van der Waals surface area contributed by atoms with Gasteiger partial charge in [0, 0.05) is 29.4 Å². The number of carbonyl (C=O) groups is 2. The predicted molar refractivity (Wildman–Crippen MR) is 102 cm³/mol. The summed E-state index contributed by atoms with van der Waals surface area (Å²) >= 11 is 6.65. The number of hydrogen-bond acceptors (Lipinski definition) is 3. The van der Waals surface area contributed by atoms with E-state index in [0.29, 0.717) is 17.8 Å². The number of rotatable bonds is 2. The molecule has 0 aromatic carbocycles. The highest BCUT2D eigenvalue weighted by Gasteiger charge is 2.58. The minimum atomic E-state index is -0.172. The fraction of sp³-hybridized carbons (Fsp3) is 0.727. The summed E-state index contributed by atoms with van der Waals surface area (Å²) in [5.41, 5.74) is 2.51. The fourth-order valence-corrected chi connectivity index (χ4v) is 7.08. The highest BCUT2D eigenvalue weighted by Crippen LogP contribution is 2.66. The molecular weight excluding hydrogens is 348 g/mol. The molecule has 142 valence electrons. The number of allylic oxidation sites excluding steroid dienone is 3. The minimum Gasteiger partial charge on any atom is -0.462 e. The minimum absolute atomic E-state index is 0.0182. The van der Waals surface area contributed by atoms with Crippen LogP contribution in [0.2, 0.25) is 0 Å². The summed E-state index contributed by atoms with van der Waals surface area (Å²) in [6.07, 6.45) is 10.5. The van der Waals surface area contributed by atoms with Crippen molar-refractivity contribution >= 4 is 23.9 Å². The molecule has 0 amide bonds. The Balaban J connectivity index is 1.61. The number of halogens is 1. The maximum Gasteiger partial charge on any atom is 0.302 e. The molecule has 6 atom stereocenters. The van der Waals surface area contributed by atoms with Crippen molar-refractivity contribution in [3.05, 3.63) is 22.3 Å². The Morgan fingerprint density at radius 2 is 1.92 bits per heavy atom. The molecule has 0 aromatic rings. The first-order valence-corrected chi connectivity index (χ1v) is 10.4. The van der Waals surface area contributed by atoms with E-state index in [1.165, 1.54) is 18.9 Å². The van der Waals surface area contributed by atoms with Crippen LogP contribution in [0.4, 0.5) is 0 Å². The molecule has 0 bridgehead atoms. The average molecular weight is 377 g/mol. The van der Waals surface area contributed by atoms with Crippen LogP contribution in [0.5, 0.6) is 0 Å². The van der Waals surface area contributed by atoms with Crippen molar-refractivity contribution in [1.29, 1.82) is 0 Å². The second-order valence-electron chi connectivity index (χ2n) is 9.35. The fourth-order valence-electron chi connectivity index (χ4n) is 6.73. The Bertz CT molecular complexity index is 708. The van der Waals surface area contributed by atoms with E-state index in [2.05, 4.69) is 19.9 Å². The summed E-state index contributed by atoms with van der Waals surface area (Å²) in [7, 11) is 0. The molecule has 4 aliphatic carbocycles. The third kappa shape index (κ3) is 2.53. The smallest absolute Gasteiger partial charge is 0.302 e. The molecule has 0 heterocycles. The van der Waals surface area contributed by atoms with Gasteiger partial charge in [-0.15, -0.1) is 0 Å². The molecule has 2 saturated carbocycles. The largest absolute Gasteiger partial charge is 0.462 e. The van der Waals surface area contributed by atoms with Crippen LogP contribution in [0, 0.1) is 28.6 Å². The maximum atomic E-state index is 11.5.